The molecule has 0 aromatic rings. The predicted molar refractivity (Wildman–Crippen MR) is 83.7 cm³/mol. The van der Waals surface area contributed by atoms with Gasteiger partial charge in [0.05, 0.1) is 6.61 Å². The summed E-state index contributed by atoms with van der Waals surface area (Å²) in [5.41, 5.74) is 5.86. The van der Waals surface area contributed by atoms with Gasteiger partial charge in [-0.1, -0.05) is 34.1 Å². The van der Waals surface area contributed by atoms with E-state index in [-0.39, 0.29) is 24.1 Å². The molecule has 0 saturated heterocycles. The highest BCUT2D eigenvalue weighted by Gasteiger charge is 2.20. The molecule has 0 amide bonds. The zero-order valence-electron chi connectivity index (χ0n) is 12.6. The third kappa shape index (κ3) is 7.92. The van der Waals surface area contributed by atoms with Gasteiger partial charge in [-0.2, -0.15) is 12.6 Å². The Morgan fingerprint density at radius 1 is 1.37 bits per heavy atom. The molecule has 19 heavy (non-hydrogen) atoms. The van der Waals surface area contributed by atoms with Crippen molar-refractivity contribution in [2.75, 3.05) is 18.9 Å². The van der Waals surface area contributed by atoms with Gasteiger partial charge < -0.3 is 20.6 Å². The fourth-order valence-electron chi connectivity index (χ4n) is 1.68. The minimum Gasteiger partial charge on any atom is -0.369 e. The van der Waals surface area contributed by atoms with E-state index in [1.807, 2.05) is 13.8 Å². The van der Waals surface area contributed by atoms with Crippen molar-refractivity contribution in [1.82, 2.24) is 5.32 Å². The Balaban J connectivity index is 4.30. The van der Waals surface area contributed by atoms with Crippen LogP contribution in [0.1, 0.15) is 34.1 Å². The van der Waals surface area contributed by atoms with Gasteiger partial charge in [-0.05, 0) is 11.8 Å². The molecule has 5 heteroatoms. The molecule has 0 aliphatic rings. The molecular weight excluding hydrogens is 260 g/mol. The maximum absolute atomic E-state index is 10.9. The van der Waals surface area contributed by atoms with Gasteiger partial charge in [0.25, 0.3) is 0 Å². The van der Waals surface area contributed by atoms with E-state index in [9.17, 15) is 4.79 Å². The van der Waals surface area contributed by atoms with Gasteiger partial charge in [-0.3, -0.25) is 0 Å². The van der Waals surface area contributed by atoms with Gasteiger partial charge in [0.2, 0.25) is 0 Å². The molecule has 114 valence electrons. The molecule has 4 nitrogen and oxygen atoms in total. The largest absolute Gasteiger partial charge is 0.369 e. The monoisotopic (exact) mass is 290 g/mol. The molecule has 0 aromatic carbocycles. The first-order valence-corrected chi connectivity index (χ1v) is 7.76. The van der Waals surface area contributed by atoms with Gasteiger partial charge in [0.15, 0.2) is 0 Å². The van der Waals surface area contributed by atoms with Gasteiger partial charge in [-0.25, -0.2) is 0 Å². The molecule has 0 rings (SSSR count). The number of carbonyl (C=O) groups excluding carboxylic acids is 1. The van der Waals surface area contributed by atoms with Crippen LogP contribution in [0.3, 0.4) is 0 Å². The first-order valence-electron chi connectivity index (χ1n) is 7.12. The lowest BCUT2D eigenvalue weighted by Gasteiger charge is -2.27. The number of rotatable bonds is 11. The van der Waals surface area contributed by atoms with Crippen molar-refractivity contribution in [2.45, 2.75) is 52.3 Å². The Labute approximate surface area is 123 Å². The number of aldehydes is 1. The van der Waals surface area contributed by atoms with E-state index in [0.29, 0.717) is 18.3 Å². The molecule has 3 N–H and O–H groups in total. The Bertz CT molecular complexity index is 239. The van der Waals surface area contributed by atoms with E-state index < -0.39 is 0 Å². The molecule has 4 atom stereocenters. The highest BCUT2D eigenvalue weighted by atomic mass is 32.1. The van der Waals surface area contributed by atoms with E-state index >= 15 is 0 Å². The summed E-state index contributed by atoms with van der Waals surface area (Å²) in [6.45, 7) is 9.56. The number of nitrogens with two attached hydrogens (primary N) is 1. The molecule has 0 radical (unpaired) electrons. The molecule has 0 fully saturated rings. The molecule has 2 unspecified atom stereocenters. The maximum atomic E-state index is 10.9. The first kappa shape index (κ1) is 18.9. The number of thiol groups is 1. The van der Waals surface area contributed by atoms with Crippen LogP contribution in [0.2, 0.25) is 0 Å². The standard InChI is InChI=1S/C14H30N2O2S/c1-5-11(4)13(16-6-12(15)9-19)8-18-14(7-17)10(2)3/h7,10-14,16,19H,5-6,8-9,15H2,1-4H3/t11?,12-,13?,14-/m1/s1. The Morgan fingerprint density at radius 3 is 2.42 bits per heavy atom. The van der Waals surface area contributed by atoms with Crippen LogP contribution in [0.25, 0.3) is 0 Å². The molecule has 0 aromatic heterocycles. The highest BCUT2D eigenvalue weighted by Crippen LogP contribution is 2.11. The third-order valence-electron chi connectivity index (χ3n) is 3.47. The molecule has 0 bridgehead atoms. The van der Waals surface area contributed by atoms with E-state index in [1.54, 1.807) is 0 Å². The summed E-state index contributed by atoms with van der Waals surface area (Å²) in [5.74, 6) is 1.34. The molecule has 0 aliphatic carbocycles. The smallest absolute Gasteiger partial charge is 0.149 e. The van der Waals surface area contributed by atoms with Crippen LogP contribution in [0.15, 0.2) is 0 Å². The minimum atomic E-state index is -0.327. The Morgan fingerprint density at radius 2 is 2.00 bits per heavy atom. The maximum Gasteiger partial charge on any atom is 0.149 e. The predicted octanol–water partition coefficient (Wildman–Crippen LogP) is 1.49. The lowest BCUT2D eigenvalue weighted by Crippen LogP contribution is -2.46. The normalized spacial score (nSPS) is 18.1. The molecular formula is C14H30N2O2S. The fourth-order valence-corrected chi connectivity index (χ4v) is 1.81. The SMILES string of the molecule is CCC(C)C(CO[C@H](C=O)C(C)C)NC[C@@H](N)CS. The Kier molecular flexibility index (Phi) is 10.6. The van der Waals surface area contributed by atoms with Crippen molar-refractivity contribution in [2.24, 2.45) is 17.6 Å². The summed E-state index contributed by atoms with van der Waals surface area (Å²) >= 11 is 4.18. The summed E-state index contributed by atoms with van der Waals surface area (Å²) in [7, 11) is 0. The molecule has 0 saturated carbocycles. The third-order valence-corrected chi connectivity index (χ3v) is 3.94. The summed E-state index contributed by atoms with van der Waals surface area (Å²) in [4.78, 5) is 10.9. The van der Waals surface area contributed by atoms with Crippen LogP contribution < -0.4 is 11.1 Å². The van der Waals surface area contributed by atoms with Crippen molar-refractivity contribution in [3.63, 3.8) is 0 Å². The summed E-state index contributed by atoms with van der Waals surface area (Å²) in [6.07, 6.45) is 1.62. The van der Waals surface area contributed by atoms with Crippen LogP contribution in [0.4, 0.5) is 0 Å². The van der Waals surface area contributed by atoms with Gasteiger partial charge >= 0.3 is 0 Å². The number of ether oxygens (including phenoxy) is 1. The zero-order valence-corrected chi connectivity index (χ0v) is 13.5. The average molecular weight is 290 g/mol. The van der Waals surface area contributed by atoms with Gasteiger partial charge in [0.1, 0.15) is 12.4 Å². The fraction of sp³-hybridized carbons (Fsp3) is 0.929. The van der Waals surface area contributed by atoms with E-state index in [4.69, 9.17) is 10.5 Å². The van der Waals surface area contributed by atoms with Crippen LogP contribution in [0.5, 0.6) is 0 Å². The second-order valence-electron chi connectivity index (χ2n) is 5.52. The molecule has 0 spiro atoms. The summed E-state index contributed by atoms with van der Waals surface area (Å²) in [5, 5.41) is 3.42. The molecule has 0 heterocycles. The van der Waals surface area contributed by atoms with Crippen LogP contribution >= 0.6 is 12.6 Å². The van der Waals surface area contributed by atoms with Gasteiger partial charge in [-0.15, -0.1) is 0 Å². The van der Waals surface area contributed by atoms with Crippen molar-refractivity contribution >= 4 is 18.9 Å². The first-order chi connectivity index (χ1) is 8.96. The quantitative estimate of drug-likeness (QED) is 0.398. The lowest BCUT2D eigenvalue weighted by molar-refractivity contribution is -0.121. The number of carbonyl (C=O) groups is 1. The van der Waals surface area contributed by atoms with Crippen LogP contribution in [0, 0.1) is 11.8 Å². The lowest BCUT2D eigenvalue weighted by atomic mass is 9.99. The van der Waals surface area contributed by atoms with E-state index in [0.717, 1.165) is 19.3 Å². The van der Waals surface area contributed by atoms with E-state index in [2.05, 4.69) is 31.8 Å². The topological polar surface area (TPSA) is 64.3 Å². The number of nitrogens with one attached hydrogen (secondary N) is 1. The zero-order chi connectivity index (χ0) is 14.8. The van der Waals surface area contributed by atoms with Crippen LogP contribution in [-0.4, -0.2) is 43.4 Å². The highest BCUT2D eigenvalue weighted by molar-refractivity contribution is 7.80. The number of hydrogen-bond donors (Lipinski definition) is 3. The Hall–Kier alpha value is -0.100. The van der Waals surface area contributed by atoms with Gasteiger partial charge in [0, 0.05) is 24.4 Å². The second-order valence-corrected chi connectivity index (χ2v) is 5.89. The van der Waals surface area contributed by atoms with Crippen molar-refractivity contribution in [3.8, 4) is 0 Å². The van der Waals surface area contributed by atoms with Crippen molar-refractivity contribution < 1.29 is 9.53 Å². The summed E-state index contributed by atoms with van der Waals surface area (Å²) in [6, 6.07) is 0.263. The summed E-state index contributed by atoms with van der Waals surface area (Å²) < 4.78 is 5.71. The van der Waals surface area contributed by atoms with Crippen molar-refractivity contribution in [3.05, 3.63) is 0 Å². The molecule has 0 aliphatic heterocycles. The minimum absolute atomic E-state index is 0.0434. The number of hydrogen-bond acceptors (Lipinski definition) is 5. The van der Waals surface area contributed by atoms with E-state index in [1.165, 1.54) is 0 Å². The average Bonchev–Trinajstić information content (AvgIpc) is 2.40. The van der Waals surface area contributed by atoms with Crippen molar-refractivity contribution in [1.29, 1.82) is 0 Å². The second kappa shape index (κ2) is 10.7. The van der Waals surface area contributed by atoms with Crippen LogP contribution in [-0.2, 0) is 9.53 Å².